The van der Waals surface area contributed by atoms with Crippen molar-refractivity contribution < 1.29 is 4.79 Å². The van der Waals surface area contributed by atoms with Crippen molar-refractivity contribution >= 4 is 16.8 Å². The molecule has 1 aromatic carbocycles. The molecule has 0 spiro atoms. The van der Waals surface area contributed by atoms with Gasteiger partial charge in [-0.05, 0) is 37.8 Å². The fraction of sp³-hybridized carbons (Fsp3) is 0.450. The lowest BCUT2D eigenvalue weighted by molar-refractivity contribution is 0.0722. The van der Waals surface area contributed by atoms with Crippen LogP contribution in [0.3, 0.4) is 0 Å². The lowest BCUT2D eigenvalue weighted by Crippen LogP contribution is -2.32. The highest BCUT2D eigenvalue weighted by atomic mass is 16.2. The summed E-state index contributed by atoms with van der Waals surface area (Å²) in [5, 5.41) is 10.0. The molecule has 134 valence electrons. The van der Waals surface area contributed by atoms with E-state index in [4.69, 9.17) is 0 Å². The minimum absolute atomic E-state index is 0.0354. The molecule has 0 aliphatic carbocycles. The van der Waals surface area contributed by atoms with Crippen molar-refractivity contribution in [3.05, 3.63) is 47.7 Å². The van der Waals surface area contributed by atoms with E-state index in [1.807, 2.05) is 35.2 Å². The second-order valence-corrected chi connectivity index (χ2v) is 7.36. The van der Waals surface area contributed by atoms with Gasteiger partial charge in [0.2, 0.25) is 0 Å². The standard InChI is InChI=1S/C20H23N5O/c26-20(16-13-14-7-3-4-8-15(14)21-16)24-12-6-9-17(24)19-23-22-18-10-2-1-5-11-25(18)19/h3-4,7-8,13,17,21H,1-2,5-6,9-12H2/t17-/m0/s1. The Hall–Kier alpha value is -2.63. The highest BCUT2D eigenvalue weighted by Gasteiger charge is 2.35. The van der Waals surface area contributed by atoms with E-state index in [0.29, 0.717) is 5.69 Å². The molecule has 1 atom stereocenters. The van der Waals surface area contributed by atoms with Gasteiger partial charge in [0.15, 0.2) is 5.82 Å². The maximum absolute atomic E-state index is 13.2. The fourth-order valence-corrected chi connectivity index (χ4v) is 4.38. The lowest BCUT2D eigenvalue weighted by atomic mass is 10.2. The van der Waals surface area contributed by atoms with Gasteiger partial charge in [0.05, 0.1) is 6.04 Å². The smallest absolute Gasteiger partial charge is 0.270 e. The summed E-state index contributed by atoms with van der Waals surface area (Å²) in [6, 6.07) is 10.0. The maximum atomic E-state index is 13.2. The zero-order chi connectivity index (χ0) is 17.5. The highest BCUT2D eigenvalue weighted by Crippen LogP contribution is 2.33. The lowest BCUT2D eigenvalue weighted by Gasteiger charge is -2.24. The van der Waals surface area contributed by atoms with Gasteiger partial charge < -0.3 is 14.5 Å². The first kappa shape index (κ1) is 15.6. The fourth-order valence-electron chi connectivity index (χ4n) is 4.38. The molecule has 0 bridgehead atoms. The molecule has 4 heterocycles. The number of H-pyrrole nitrogens is 1. The highest BCUT2D eigenvalue weighted by molar-refractivity contribution is 5.98. The minimum atomic E-state index is 0.0354. The molecule has 0 unspecified atom stereocenters. The van der Waals surface area contributed by atoms with Gasteiger partial charge in [-0.15, -0.1) is 10.2 Å². The van der Waals surface area contributed by atoms with Crippen LogP contribution in [-0.2, 0) is 13.0 Å². The average molecular weight is 349 g/mol. The molecule has 6 nitrogen and oxygen atoms in total. The van der Waals surface area contributed by atoms with Crippen molar-refractivity contribution in [3.8, 4) is 0 Å². The second-order valence-electron chi connectivity index (χ2n) is 7.36. The summed E-state index contributed by atoms with van der Waals surface area (Å²) < 4.78 is 2.27. The molecule has 2 aromatic heterocycles. The number of hydrogen-bond acceptors (Lipinski definition) is 3. The van der Waals surface area contributed by atoms with E-state index >= 15 is 0 Å². The molecule has 1 saturated heterocycles. The van der Waals surface area contributed by atoms with Crippen LogP contribution < -0.4 is 0 Å². The van der Waals surface area contributed by atoms with Crippen LogP contribution in [0.15, 0.2) is 30.3 Å². The van der Waals surface area contributed by atoms with Crippen LogP contribution >= 0.6 is 0 Å². The third-order valence-corrected chi connectivity index (χ3v) is 5.71. The van der Waals surface area contributed by atoms with Gasteiger partial charge in [0.1, 0.15) is 11.5 Å². The largest absolute Gasteiger partial charge is 0.351 e. The topological polar surface area (TPSA) is 66.8 Å². The van der Waals surface area contributed by atoms with Crippen LogP contribution in [0.25, 0.3) is 10.9 Å². The van der Waals surface area contributed by atoms with Crippen LogP contribution in [-0.4, -0.2) is 37.1 Å². The van der Waals surface area contributed by atoms with Gasteiger partial charge in [0, 0.05) is 30.4 Å². The van der Waals surface area contributed by atoms with E-state index < -0.39 is 0 Å². The zero-order valence-electron chi connectivity index (χ0n) is 14.8. The van der Waals surface area contributed by atoms with Crippen LogP contribution in [0.2, 0.25) is 0 Å². The van der Waals surface area contributed by atoms with E-state index in [-0.39, 0.29) is 11.9 Å². The van der Waals surface area contributed by atoms with Crippen LogP contribution in [0.1, 0.15) is 60.3 Å². The van der Waals surface area contributed by atoms with Crippen LogP contribution in [0.4, 0.5) is 0 Å². The molecular weight excluding hydrogens is 326 g/mol. The van der Waals surface area contributed by atoms with Crippen molar-refractivity contribution in [2.45, 2.75) is 51.1 Å². The van der Waals surface area contributed by atoms with Gasteiger partial charge in [-0.1, -0.05) is 24.6 Å². The van der Waals surface area contributed by atoms with Crippen molar-refractivity contribution in [1.29, 1.82) is 0 Å². The molecule has 6 heteroatoms. The van der Waals surface area contributed by atoms with Crippen molar-refractivity contribution in [2.75, 3.05) is 6.54 Å². The quantitative estimate of drug-likeness (QED) is 0.770. The van der Waals surface area contributed by atoms with Gasteiger partial charge in [-0.2, -0.15) is 0 Å². The van der Waals surface area contributed by atoms with Gasteiger partial charge in [-0.25, -0.2) is 0 Å². The molecule has 5 rings (SSSR count). The summed E-state index contributed by atoms with van der Waals surface area (Å²) >= 11 is 0. The number of aromatic amines is 1. The summed E-state index contributed by atoms with van der Waals surface area (Å²) in [6.45, 7) is 1.75. The average Bonchev–Trinajstić information content (AvgIpc) is 3.35. The number of nitrogens with zero attached hydrogens (tertiary/aromatic N) is 4. The number of carbonyl (C=O) groups is 1. The number of amides is 1. The monoisotopic (exact) mass is 349 g/mol. The number of aromatic nitrogens is 4. The molecular formula is C20H23N5O. The number of aryl methyl sites for hydroxylation is 1. The number of nitrogens with one attached hydrogen (secondary N) is 1. The number of para-hydroxylation sites is 1. The van der Waals surface area contributed by atoms with E-state index in [1.54, 1.807) is 0 Å². The number of likely N-dealkylation sites (tertiary alicyclic amines) is 1. The first-order valence-electron chi connectivity index (χ1n) is 9.62. The second kappa shape index (κ2) is 6.27. The number of fused-ring (bicyclic) bond motifs is 2. The maximum Gasteiger partial charge on any atom is 0.270 e. The third-order valence-electron chi connectivity index (χ3n) is 5.71. The molecule has 3 aromatic rings. The summed E-state index contributed by atoms with van der Waals surface area (Å²) in [4.78, 5) is 18.5. The molecule has 0 saturated carbocycles. The molecule has 1 fully saturated rings. The molecule has 1 N–H and O–H groups in total. The van der Waals surface area contributed by atoms with Crippen molar-refractivity contribution in [2.24, 2.45) is 0 Å². The molecule has 2 aliphatic rings. The van der Waals surface area contributed by atoms with Gasteiger partial charge in [-0.3, -0.25) is 4.79 Å². The van der Waals surface area contributed by atoms with Gasteiger partial charge >= 0.3 is 0 Å². The van der Waals surface area contributed by atoms with E-state index in [1.165, 1.54) is 19.3 Å². The van der Waals surface area contributed by atoms with E-state index in [2.05, 4.69) is 19.7 Å². The summed E-state index contributed by atoms with van der Waals surface area (Å²) in [7, 11) is 0. The van der Waals surface area contributed by atoms with Gasteiger partial charge in [0.25, 0.3) is 5.91 Å². The molecule has 0 radical (unpaired) electrons. The Morgan fingerprint density at radius 3 is 2.92 bits per heavy atom. The Kier molecular flexibility index (Phi) is 3.76. The zero-order valence-corrected chi connectivity index (χ0v) is 14.8. The summed E-state index contributed by atoms with van der Waals surface area (Å²) in [5.41, 5.74) is 1.66. The number of hydrogen-bond donors (Lipinski definition) is 1. The summed E-state index contributed by atoms with van der Waals surface area (Å²) in [5.74, 6) is 2.13. The molecule has 1 amide bonds. The third kappa shape index (κ3) is 2.52. The predicted octanol–water partition coefficient (Wildman–Crippen LogP) is 3.46. The van der Waals surface area contributed by atoms with Crippen molar-refractivity contribution in [1.82, 2.24) is 24.6 Å². The number of benzene rings is 1. The molecule has 26 heavy (non-hydrogen) atoms. The summed E-state index contributed by atoms with van der Waals surface area (Å²) in [6.07, 6.45) is 6.56. The van der Waals surface area contributed by atoms with Crippen molar-refractivity contribution in [3.63, 3.8) is 0 Å². The number of carbonyl (C=O) groups excluding carboxylic acids is 1. The number of rotatable bonds is 2. The predicted molar refractivity (Wildman–Crippen MR) is 98.9 cm³/mol. The van der Waals surface area contributed by atoms with Crippen LogP contribution in [0, 0.1) is 0 Å². The Bertz CT molecular complexity index is 923. The SMILES string of the molecule is O=C(c1cc2ccccc2[nH]1)N1CCC[C@H]1c1nnc2n1CCCCC2. The Balaban J connectivity index is 1.47. The first-order valence-corrected chi connectivity index (χ1v) is 9.62. The van der Waals surface area contributed by atoms with Crippen LogP contribution in [0.5, 0.6) is 0 Å². The normalized spacial score (nSPS) is 20.3. The Labute approximate surface area is 152 Å². The first-order chi connectivity index (χ1) is 12.8. The Morgan fingerprint density at radius 1 is 1.08 bits per heavy atom. The Morgan fingerprint density at radius 2 is 2.00 bits per heavy atom. The minimum Gasteiger partial charge on any atom is -0.351 e. The van der Waals surface area contributed by atoms with E-state index in [9.17, 15) is 4.79 Å². The van der Waals surface area contributed by atoms with E-state index in [0.717, 1.165) is 54.9 Å². The molecule has 2 aliphatic heterocycles.